The van der Waals surface area contributed by atoms with Gasteiger partial charge in [-0.25, -0.2) is 0 Å². The molecule has 0 aromatic heterocycles. The number of hydrogen-bond acceptors (Lipinski definition) is 6. The van der Waals surface area contributed by atoms with Gasteiger partial charge in [-0.05, 0) is 118 Å². The predicted molar refractivity (Wildman–Crippen MR) is 169 cm³/mol. The van der Waals surface area contributed by atoms with Gasteiger partial charge in [0.1, 0.15) is 0 Å². The second-order valence-corrected chi connectivity index (χ2v) is 11.2. The molecule has 7 heteroatoms. The first-order valence-corrected chi connectivity index (χ1v) is 14.8. The van der Waals surface area contributed by atoms with Crippen LogP contribution in [-0.4, -0.2) is 49.2 Å². The van der Waals surface area contributed by atoms with E-state index in [1.54, 1.807) is 12.3 Å². The molecule has 1 heterocycles. The minimum Gasteiger partial charge on any atom is -0.404 e. The molecular weight excluding hydrogens is 508 g/mol. The molecule has 0 radical (unpaired) electrons. The quantitative estimate of drug-likeness (QED) is 0.179. The maximum atomic E-state index is 12.6. The van der Waals surface area contributed by atoms with Crippen LogP contribution in [0.3, 0.4) is 0 Å². The van der Waals surface area contributed by atoms with Crippen LogP contribution in [0.25, 0.3) is 0 Å². The van der Waals surface area contributed by atoms with Crippen molar-refractivity contribution in [1.82, 2.24) is 10.2 Å². The minimum absolute atomic E-state index is 0.141. The summed E-state index contributed by atoms with van der Waals surface area (Å²) in [4.78, 5) is 19.7. The van der Waals surface area contributed by atoms with Crippen molar-refractivity contribution >= 4 is 29.2 Å². The minimum atomic E-state index is -0.141. The number of aryl methyl sites for hydroxylation is 1. The molecule has 2 unspecified atom stereocenters. The van der Waals surface area contributed by atoms with E-state index in [9.17, 15) is 4.79 Å². The van der Waals surface area contributed by atoms with Gasteiger partial charge >= 0.3 is 0 Å². The van der Waals surface area contributed by atoms with E-state index in [4.69, 9.17) is 11.5 Å². The van der Waals surface area contributed by atoms with Crippen LogP contribution in [0.15, 0.2) is 95.6 Å². The molecule has 1 saturated carbocycles. The van der Waals surface area contributed by atoms with Crippen molar-refractivity contribution in [2.45, 2.75) is 38.1 Å². The molecule has 41 heavy (non-hydrogen) atoms. The first-order chi connectivity index (χ1) is 20.1. The predicted octanol–water partition coefficient (Wildman–Crippen LogP) is 5.39. The first kappa shape index (κ1) is 28.6. The Morgan fingerprint density at radius 3 is 2.44 bits per heavy atom. The van der Waals surface area contributed by atoms with Crippen molar-refractivity contribution in [3.05, 3.63) is 102 Å². The summed E-state index contributed by atoms with van der Waals surface area (Å²) in [5.41, 5.74) is 17.0. The number of nitrogens with zero attached hydrogens (tertiary/aromatic N) is 2. The molecule has 6 N–H and O–H groups in total. The molecule has 2 atom stereocenters. The fourth-order valence-corrected chi connectivity index (χ4v) is 5.58. The number of benzene rings is 3. The number of anilines is 2. The van der Waals surface area contributed by atoms with Gasteiger partial charge in [0.2, 0.25) is 0 Å². The Hall–Kier alpha value is -3.94. The molecule has 1 aliphatic heterocycles. The van der Waals surface area contributed by atoms with Crippen molar-refractivity contribution in [3.63, 3.8) is 0 Å². The van der Waals surface area contributed by atoms with Gasteiger partial charge in [0, 0.05) is 23.7 Å². The van der Waals surface area contributed by atoms with Crippen molar-refractivity contribution in [1.29, 1.82) is 0 Å². The van der Waals surface area contributed by atoms with Gasteiger partial charge in [-0.2, -0.15) is 0 Å². The summed E-state index contributed by atoms with van der Waals surface area (Å²) < 4.78 is 0. The number of likely N-dealkylation sites (tertiary alicyclic amines) is 1. The molecule has 1 aliphatic carbocycles. The molecule has 0 spiro atoms. The number of carbonyl (C=O) groups is 1. The second kappa shape index (κ2) is 14.1. The normalized spacial score (nSPS) is 19.9. The lowest BCUT2D eigenvalue weighted by molar-refractivity contribution is 0.102. The van der Waals surface area contributed by atoms with E-state index in [1.807, 2.05) is 66.9 Å². The zero-order valence-corrected chi connectivity index (χ0v) is 23.7. The van der Waals surface area contributed by atoms with Gasteiger partial charge in [-0.1, -0.05) is 42.5 Å². The lowest BCUT2D eigenvalue weighted by Gasteiger charge is -2.32. The number of rotatable bonds is 12. The highest BCUT2D eigenvalue weighted by molar-refractivity contribution is 6.05. The number of para-hydroxylation sites is 3. The number of carbonyl (C=O) groups excluding carboxylic acids is 1. The standard InChI is InChI=1S/C34H42N6O/c35-22-28(24-37-29-8-2-1-3-9-29)30-21-33(30)38-23-26-16-19-40(20-17-26)18-6-7-25-12-14-27(15-13-25)34(41)39-32-11-5-4-10-31(32)36/h1-5,8-15,22,24,26,30,33,38H,6-7,16-21,23,35-36H2,(H,39,41). The van der Waals surface area contributed by atoms with E-state index in [0.717, 1.165) is 49.5 Å². The van der Waals surface area contributed by atoms with E-state index in [-0.39, 0.29) is 5.91 Å². The summed E-state index contributed by atoms with van der Waals surface area (Å²) in [6.45, 7) is 4.53. The fraction of sp³-hybridized carbons (Fsp3) is 0.353. The molecule has 3 aromatic rings. The number of nitrogen functional groups attached to an aromatic ring is 1. The second-order valence-electron chi connectivity index (χ2n) is 11.2. The number of piperidine rings is 1. The third-order valence-corrected chi connectivity index (χ3v) is 8.27. The Labute approximate surface area is 243 Å². The van der Waals surface area contributed by atoms with Gasteiger partial charge in [0.05, 0.1) is 17.1 Å². The maximum absolute atomic E-state index is 12.6. The molecule has 2 aliphatic rings. The highest BCUT2D eigenvalue weighted by Gasteiger charge is 2.39. The molecule has 0 bridgehead atoms. The van der Waals surface area contributed by atoms with E-state index in [2.05, 4.69) is 32.7 Å². The van der Waals surface area contributed by atoms with Crippen molar-refractivity contribution in [2.75, 3.05) is 37.2 Å². The van der Waals surface area contributed by atoms with Gasteiger partial charge in [-0.3, -0.25) is 9.79 Å². The molecule has 3 aromatic carbocycles. The summed E-state index contributed by atoms with van der Waals surface area (Å²) in [6, 6.07) is 25.7. The van der Waals surface area contributed by atoms with Crippen LogP contribution in [0.5, 0.6) is 0 Å². The summed E-state index contributed by atoms with van der Waals surface area (Å²) in [5, 5.41) is 6.67. The average molecular weight is 551 g/mol. The number of nitrogens with one attached hydrogen (secondary N) is 2. The van der Waals surface area contributed by atoms with Crippen molar-refractivity contribution in [2.24, 2.45) is 22.6 Å². The summed E-state index contributed by atoms with van der Waals surface area (Å²) in [5.74, 6) is 1.07. The SMILES string of the molecule is NC=C(C=Nc1ccccc1)C1CC1NCC1CCN(CCCc2ccc(C(=O)Nc3ccccc3N)cc2)CC1. The highest BCUT2D eigenvalue weighted by Crippen LogP contribution is 2.37. The van der Waals surface area contributed by atoms with Crippen LogP contribution >= 0.6 is 0 Å². The average Bonchev–Trinajstić information content (AvgIpc) is 3.78. The Balaban J connectivity index is 0.960. The highest BCUT2D eigenvalue weighted by atomic mass is 16.1. The number of aliphatic imine (C=N–C) groups is 1. The van der Waals surface area contributed by atoms with E-state index < -0.39 is 0 Å². The first-order valence-electron chi connectivity index (χ1n) is 14.8. The Morgan fingerprint density at radius 2 is 1.71 bits per heavy atom. The molecule has 1 saturated heterocycles. The zero-order chi connectivity index (χ0) is 28.4. The Bertz CT molecular complexity index is 1330. The molecule has 1 amide bonds. The largest absolute Gasteiger partial charge is 0.404 e. The molecule has 7 nitrogen and oxygen atoms in total. The summed E-state index contributed by atoms with van der Waals surface area (Å²) >= 11 is 0. The van der Waals surface area contributed by atoms with Gasteiger partial charge in [0.15, 0.2) is 0 Å². The monoisotopic (exact) mass is 550 g/mol. The van der Waals surface area contributed by atoms with Crippen molar-refractivity contribution < 1.29 is 4.79 Å². The van der Waals surface area contributed by atoms with Gasteiger partial charge < -0.3 is 27.0 Å². The number of hydrogen-bond donors (Lipinski definition) is 4. The molecule has 2 fully saturated rings. The van der Waals surface area contributed by atoms with Crippen LogP contribution in [0.2, 0.25) is 0 Å². The number of nitrogens with two attached hydrogens (primary N) is 2. The van der Waals surface area contributed by atoms with Crippen LogP contribution in [0.4, 0.5) is 17.1 Å². The third kappa shape index (κ3) is 8.28. The van der Waals surface area contributed by atoms with Crippen LogP contribution in [-0.2, 0) is 6.42 Å². The van der Waals surface area contributed by atoms with Crippen LogP contribution < -0.4 is 22.1 Å². The molecular formula is C34H42N6O. The fourth-order valence-electron chi connectivity index (χ4n) is 5.58. The Morgan fingerprint density at radius 1 is 0.976 bits per heavy atom. The van der Waals surface area contributed by atoms with Crippen LogP contribution in [0.1, 0.15) is 41.6 Å². The zero-order valence-electron chi connectivity index (χ0n) is 23.7. The Kier molecular flexibility index (Phi) is 9.83. The van der Waals surface area contributed by atoms with E-state index in [1.165, 1.54) is 31.5 Å². The van der Waals surface area contributed by atoms with Gasteiger partial charge in [-0.15, -0.1) is 0 Å². The number of amides is 1. The van der Waals surface area contributed by atoms with E-state index >= 15 is 0 Å². The maximum Gasteiger partial charge on any atom is 0.255 e. The lowest BCUT2D eigenvalue weighted by atomic mass is 9.96. The lowest BCUT2D eigenvalue weighted by Crippen LogP contribution is -2.38. The summed E-state index contributed by atoms with van der Waals surface area (Å²) in [6.07, 6.45) is 9.40. The van der Waals surface area contributed by atoms with Crippen molar-refractivity contribution in [3.8, 4) is 0 Å². The van der Waals surface area contributed by atoms with Gasteiger partial charge in [0.25, 0.3) is 5.91 Å². The van der Waals surface area contributed by atoms with E-state index in [0.29, 0.717) is 28.9 Å². The van der Waals surface area contributed by atoms with Crippen LogP contribution in [0, 0.1) is 11.8 Å². The third-order valence-electron chi connectivity index (χ3n) is 8.27. The topological polar surface area (TPSA) is 109 Å². The molecule has 5 rings (SSSR count). The smallest absolute Gasteiger partial charge is 0.255 e. The summed E-state index contributed by atoms with van der Waals surface area (Å²) in [7, 11) is 0. The molecule has 214 valence electrons.